The molecule has 1 fully saturated rings. The summed E-state index contributed by atoms with van der Waals surface area (Å²) in [6, 6.07) is 7.68. The number of esters is 1. The Morgan fingerprint density at radius 3 is 2.20 bits per heavy atom. The first-order chi connectivity index (χ1) is 19.0. The quantitative estimate of drug-likeness (QED) is 0.0947. The Morgan fingerprint density at radius 2 is 1.52 bits per heavy atom. The molecule has 8 N–H and O–H groups in total. The van der Waals surface area contributed by atoms with E-state index in [0.717, 1.165) is 18.2 Å². The molecular weight excluding hydrogens is 536 g/mol. The van der Waals surface area contributed by atoms with Crippen molar-refractivity contribution in [1.82, 2.24) is 0 Å². The van der Waals surface area contributed by atoms with Gasteiger partial charge < -0.3 is 59.5 Å². The summed E-state index contributed by atoms with van der Waals surface area (Å²) in [5.41, 5.74) is -1.39. The third kappa shape index (κ3) is 4.54. The largest absolute Gasteiger partial charge is 0.508 e. The standard InChI is InChI=1S/C26H22O14/c27-8-17-20(33)24(39-25(36)9-1-3-10(28)4-2-9)22(35)26(38-17)40-23-14(31)7-16-18(21(23)34)19(32)11-5-12(29)13(30)6-15(11)37-16/h1-7,17,20,22,24,26-31,33-35H,8H2/t17-,20-,22-,24+,26+/m1/s1. The van der Waals surface area contributed by atoms with E-state index in [1.54, 1.807) is 0 Å². The molecule has 4 aromatic rings. The second-order valence-electron chi connectivity index (χ2n) is 8.96. The summed E-state index contributed by atoms with van der Waals surface area (Å²) in [7, 11) is 0. The summed E-state index contributed by atoms with van der Waals surface area (Å²) < 4.78 is 21.6. The SMILES string of the molecule is O=C(O[C@@H]1[C@@H](O)[C@H](Oc2c(O)cc3oc4cc(O)c(O)cc4c(=O)c3c2O)O[C@H](CO)[C@H]1O)c1ccc(O)cc1. The maximum Gasteiger partial charge on any atom is 0.338 e. The van der Waals surface area contributed by atoms with Crippen molar-refractivity contribution in [3.05, 3.63) is 58.3 Å². The molecule has 0 spiro atoms. The number of aromatic hydroxyl groups is 5. The molecule has 3 aromatic carbocycles. The van der Waals surface area contributed by atoms with E-state index in [2.05, 4.69) is 0 Å². The molecule has 0 amide bonds. The predicted octanol–water partition coefficient (Wildman–Crippen LogP) is 0.518. The first-order valence-electron chi connectivity index (χ1n) is 11.7. The number of hydrogen-bond acceptors (Lipinski definition) is 14. The minimum Gasteiger partial charge on any atom is -0.508 e. The van der Waals surface area contributed by atoms with Crippen LogP contribution in [0.2, 0.25) is 0 Å². The molecule has 1 aliphatic heterocycles. The number of carbonyl (C=O) groups excluding carboxylic acids is 1. The fourth-order valence-electron chi connectivity index (χ4n) is 4.30. The van der Waals surface area contributed by atoms with Gasteiger partial charge in [-0.2, -0.15) is 0 Å². The zero-order valence-corrected chi connectivity index (χ0v) is 20.2. The number of aliphatic hydroxyl groups excluding tert-OH is 3. The molecule has 5 atom stereocenters. The van der Waals surface area contributed by atoms with Crippen molar-refractivity contribution in [3.63, 3.8) is 0 Å². The Kier molecular flexibility index (Phi) is 6.77. The van der Waals surface area contributed by atoms with Crippen LogP contribution >= 0.6 is 0 Å². The Labute approximate surface area is 222 Å². The zero-order chi connectivity index (χ0) is 28.9. The summed E-state index contributed by atoms with van der Waals surface area (Å²) in [5.74, 6) is -4.82. The molecular formula is C26H22O14. The van der Waals surface area contributed by atoms with Crippen LogP contribution in [0.3, 0.4) is 0 Å². The third-order valence-corrected chi connectivity index (χ3v) is 6.37. The van der Waals surface area contributed by atoms with Gasteiger partial charge >= 0.3 is 5.97 Å². The molecule has 0 bridgehead atoms. The fraction of sp³-hybridized carbons (Fsp3) is 0.231. The number of hydrogen-bond donors (Lipinski definition) is 8. The van der Waals surface area contributed by atoms with Crippen LogP contribution in [0.15, 0.2) is 51.7 Å². The molecule has 0 unspecified atom stereocenters. The van der Waals surface area contributed by atoms with Crippen molar-refractivity contribution in [2.45, 2.75) is 30.7 Å². The highest BCUT2D eigenvalue weighted by molar-refractivity contribution is 5.96. The first-order valence-corrected chi connectivity index (χ1v) is 11.7. The molecule has 5 rings (SSSR count). The monoisotopic (exact) mass is 558 g/mol. The minimum absolute atomic E-state index is 0.0372. The number of phenols is 5. The highest BCUT2D eigenvalue weighted by Gasteiger charge is 2.48. The lowest BCUT2D eigenvalue weighted by atomic mass is 9.98. The lowest BCUT2D eigenvalue weighted by Gasteiger charge is -2.41. The Morgan fingerprint density at radius 1 is 0.875 bits per heavy atom. The second-order valence-corrected chi connectivity index (χ2v) is 8.96. The maximum atomic E-state index is 13.1. The second kappa shape index (κ2) is 10.1. The number of ether oxygens (including phenoxy) is 3. The van der Waals surface area contributed by atoms with Crippen molar-refractivity contribution in [3.8, 4) is 34.5 Å². The summed E-state index contributed by atoms with van der Waals surface area (Å²) in [5, 5.41) is 80.7. The van der Waals surface area contributed by atoms with E-state index in [4.69, 9.17) is 18.6 Å². The third-order valence-electron chi connectivity index (χ3n) is 6.37. The number of benzene rings is 3. The summed E-state index contributed by atoms with van der Waals surface area (Å²) in [4.78, 5) is 25.7. The molecule has 1 aliphatic rings. The molecule has 0 radical (unpaired) electrons. The van der Waals surface area contributed by atoms with E-state index in [1.807, 2.05) is 0 Å². The first kappa shape index (κ1) is 26.8. The van der Waals surface area contributed by atoms with E-state index in [-0.39, 0.29) is 27.9 Å². The molecule has 0 aliphatic carbocycles. The van der Waals surface area contributed by atoms with Crippen LogP contribution in [0.1, 0.15) is 10.4 Å². The average molecular weight is 558 g/mol. The highest BCUT2D eigenvalue weighted by Crippen LogP contribution is 2.44. The molecule has 1 saturated heterocycles. The molecule has 40 heavy (non-hydrogen) atoms. The lowest BCUT2D eigenvalue weighted by Crippen LogP contribution is -2.61. The highest BCUT2D eigenvalue weighted by atomic mass is 16.7. The van der Waals surface area contributed by atoms with Gasteiger partial charge in [0.1, 0.15) is 34.5 Å². The van der Waals surface area contributed by atoms with Crippen LogP contribution in [-0.2, 0) is 9.47 Å². The number of phenolic OH excluding ortho intramolecular Hbond substituents is 5. The van der Waals surface area contributed by atoms with Gasteiger partial charge in [-0.3, -0.25) is 4.79 Å². The van der Waals surface area contributed by atoms with Crippen molar-refractivity contribution in [2.75, 3.05) is 6.61 Å². The van der Waals surface area contributed by atoms with Crippen LogP contribution in [0.4, 0.5) is 0 Å². The van der Waals surface area contributed by atoms with Crippen LogP contribution in [0.5, 0.6) is 34.5 Å². The Hall–Kier alpha value is -4.76. The predicted molar refractivity (Wildman–Crippen MR) is 132 cm³/mol. The van der Waals surface area contributed by atoms with Crippen molar-refractivity contribution in [2.24, 2.45) is 0 Å². The van der Waals surface area contributed by atoms with Gasteiger partial charge in [0.05, 0.1) is 17.6 Å². The van der Waals surface area contributed by atoms with E-state index in [0.29, 0.717) is 0 Å². The molecule has 1 aromatic heterocycles. The summed E-state index contributed by atoms with van der Waals surface area (Å²) >= 11 is 0. The van der Waals surface area contributed by atoms with E-state index < -0.39 is 82.8 Å². The van der Waals surface area contributed by atoms with Crippen molar-refractivity contribution >= 4 is 27.9 Å². The van der Waals surface area contributed by atoms with Crippen molar-refractivity contribution in [1.29, 1.82) is 0 Å². The Balaban J connectivity index is 1.50. The number of rotatable bonds is 5. The molecule has 2 heterocycles. The Bertz CT molecular complexity index is 1660. The van der Waals surface area contributed by atoms with Gasteiger partial charge in [-0.25, -0.2) is 4.79 Å². The zero-order valence-electron chi connectivity index (χ0n) is 20.2. The van der Waals surface area contributed by atoms with Gasteiger partial charge in [0, 0.05) is 12.1 Å². The smallest absolute Gasteiger partial charge is 0.338 e. The van der Waals surface area contributed by atoms with Gasteiger partial charge in [-0.1, -0.05) is 0 Å². The van der Waals surface area contributed by atoms with Gasteiger partial charge in [0.15, 0.2) is 35.2 Å². The number of carbonyl (C=O) groups is 1. The lowest BCUT2D eigenvalue weighted by molar-refractivity contribution is -0.277. The average Bonchev–Trinajstić information content (AvgIpc) is 2.91. The molecule has 210 valence electrons. The molecule has 14 heteroatoms. The van der Waals surface area contributed by atoms with Crippen LogP contribution in [-0.4, -0.2) is 84.1 Å². The van der Waals surface area contributed by atoms with Gasteiger partial charge in [0.2, 0.25) is 17.5 Å². The van der Waals surface area contributed by atoms with Crippen LogP contribution < -0.4 is 10.2 Å². The van der Waals surface area contributed by atoms with Crippen molar-refractivity contribution < 1.29 is 64.3 Å². The number of aliphatic hydroxyl groups is 3. The summed E-state index contributed by atoms with van der Waals surface area (Å²) in [6.07, 6.45) is -8.73. The molecule has 0 saturated carbocycles. The topological polar surface area (TPSA) is 237 Å². The van der Waals surface area contributed by atoms with E-state index in [1.165, 1.54) is 24.3 Å². The normalized spacial score (nSPS) is 22.8. The van der Waals surface area contributed by atoms with Gasteiger partial charge in [-0.05, 0) is 30.3 Å². The van der Waals surface area contributed by atoms with E-state index in [9.17, 15) is 50.4 Å². The summed E-state index contributed by atoms with van der Waals surface area (Å²) in [6.45, 7) is -0.817. The molecule has 14 nitrogen and oxygen atoms in total. The minimum atomic E-state index is -1.94. The van der Waals surface area contributed by atoms with Gasteiger partial charge in [0.25, 0.3) is 0 Å². The fourth-order valence-corrected chi connectivity index (χ4v) is 4.30. The van der Waals surface area contributed by atoms with Gasteiger partial charge in [-0.15, -0.1) is 0 Å². The number of fused-ring (bicyclic) bond motifs is 2. The van der Waals surface area contributed by atoms with Crippen LogP contribution in [0.25, 0.3) is 21.9 Å². The van der Waals surface area contributed by atoms with Crippen LogP contribution in [0, 0.1) is 0 Å². The maximum absolute atomic E-state index is 13.1. The van der Waals surface area contributed by atoms with E-state index >= 15 is 0 Å².